The van der Waals surface area contributed by atoms with Crippen molar-refractivity contribution in [1.82, 2.24) is 9.99 Å². The van der Waals surface area contributed by atoms with Gasteiger partial charge in [0.2, 0.25) is 5.91 Å². The average Bonchev–Trinajstić information content (AvgIpc) is 2.96. The third-order valence-corrected chi connectivity index (χ3v) is 4.32. The number of para-hydroxylation sites is 1. The first kappa shape index (κ1) is 17.5. The van der Waals surface area contributed by atoms with Crippen LogP contribution in [-0.4, -0.2) is 16.7 Å². The molecule has 0 saturated heterocycles. The van der Waals surface area contributed by atoms with E-state index in [9.17, 15) is 4.79 Å². The van der Waals surface area contributed by atoms with E-state index in [4.69, 9.17) is 6.42 Å². The minimum absolute atomic E-state index is 0.138. The second-order valence-corrected chi connectivity index (χ2v) is 6.33. The Labute approximate surface area is 153 Å². The molecule has 26 heavy (non-hydrogen) atoms. The molecular weight excluding hydrogens is 322 g/mol. The molecule has 0 unspecified atom stereocenters. The van der Waals surface area contributed by atoms with E-state index in [2.05, 4.69) is 22.5 Å². The van der Waals surface area contributed by atoms with Crippen molar-refractivity contribution in [3.8, 4) is 12.3 Å². The molecule has 3 rings (SSSR count). The minimum atomic E-state index is -0.138. The second kappa shape index (κ2) is 7.71. The lowest BCUT2D eigenvalue weighted by Crippen LogP contribution is -2.20. The van der Waals surface area contributed by atoms with Crippen LogP contribution in [0.3, 0.4) is 0 Å². The molecule has 4 nitrogen and oxygen atoms in total. The van der Waals surface area contributed by atoms with Gasteiger partial charge in [-0.1, -0.05) is 47.9 Å². The lowest BCUT2D eigenvalue weighted by Gasteiger charge is -2.05. The van der Waals surface area contributed by atoms with Crippen molar-refractivity contribution in [1.29, 1.82) is 0 Å². The molecule has 0 bridgehead atoms. The third kappa shape index (κ3) is 3.84. The molecule has 1 heterocycles. The molecule has 0 fully saturated rings. The molecule has 2 aromatic carbocycles. The number of amides is 1. The highest BCUT2D eigenvalue weighted by atomic mass is 16.2. The lowest BCUT2D eigenvalue weighted by atomic mass is 10.0. The minimum Gasteiger partial charge on any atom is -0.335 e. The predicted octanol–water partition coefficient (Wildman–Crippen LogP) is 3.58. The fourth-order valence-electron chi connectivity index (χ4n) is 3.04. The van der Waals surface area contributed by atoms with E-state index in [1.54, 1.807) is 6.21 Å². The zero-order valence-corrected chi connectivity index (χ0v) is 15.0. The number of benzene rings is 2. The van der Waals surface area contributed by atoms with E-state index in [1.165, 1.54) is 5.56 Å². The summed E-state index contributed by atoms with van der Waals surface area (Å²) in [6.07, 6.45) is 9.35. The third-order valence-electron chi connectivity index (χ3n) is 4.32. The summed E-state index contributed by atoms with van der Waals surface area (Å²) in [6, 6.07) is 14.1. The number of aryl methyl sites for hydroxylation is 2. The summed E-state index contributed by atoms with van der Waals surface area (Å²) in [7, 11) is 0. The molecule has 130 valence electrons. The molecule has 1 amide bonds. The van der Waals surface area contributed by atoms with Gasteiger partial charge in [-0.25, -0.2) is 5.43 Å². The first-order valence-electron chi connectivity index (χ1n) is 8.48. The molecule has 3 aromatic rings. The Kier molecular flexibility index (Phi) is 5.19. The lowest BCUT2D eigenvalue weighted by molar-refractivity contribution is -0.120. The van der Waals surface area contributed by atoms with Crippen molar-refractivity contribution >= 4 is 23.0 Å². The molecule has 0 aliphatic carbocycles. The van der Waals surface area contributed by atoms with Gasteiger partial charge >= 0.3 is 0 Å². The maximum absolute atomic E-state index is 12.2. The van der Waals surface area contributed by atoms with Crippen LogP contribution in [0.2, 0.25) is 0 Å². The number of rotatable bonds is 5. The van der Waals surface area contributed by atoms with Crippen LogP contribution in [0, 0.1) is 26.2 Å². The van der Waals surface area contributed by atoms with Crippen LogP contribution in [0.1, 0.15) is 22.3 Å². The van der Waals surface area contributed by atoms with Crippen LogP contribution in [0.4, 0.5) is 0 Å². The summed E-state index contributed by atoms with van der Waals surface area (Å²) in [4.78, 5) is 12.2. The zero-order valence-electron chi connectivity index (χ0n) is 15.0. The van der Waals surface area contributed by atoms with Gasteiger partial charge in [-0.2, -0.15) is 5.10 Å². The Morgan fingerprint density at radius 3 is 2.85 bits per heavy atom. The highest BCUT2D eigenvalue weighted by Crippen LogP contribution is 2.19. The van der Waals surface area contributed by atoms with Gasteiger partial charge in [0.1, 0.15) is 0 Å². The first-order valence-corrected chi connectivity index (χ1v) is 8.48. The number of hydrogen-bond donors (Lipinski definition) is 1. The van der Waals surface area contributed by atoms with Crippen molar-refractivity contribution in [3.63, 3.8) is 0 Å². The summed E-state index contributed by atoms with van der Waals surface area (Å²) < 4.78 is 1.99. The maximum Gasteiger partial charge on any atom is 0.244 e. The largest absolute Gasteiger partial charge is 0.335 e. The van der Waals surface area contributed by atoms with E-state index >= 15 is 0 Å². The van der Waals surface area contributed by atoms with Gasteiger partial charge in [-0.05, 0) is 31.0 Å². The molecule has 0 spiro atoms. The number of hydrogen-bond acceptors (Lipinski definition) is 2. The average molecular weight is 343 g/mol. The summed E-state index contributed by atoms with van der Waals surface area (Å²) in [6.45, 7) is 4.55. The van der Waals surface area contributed by atoms with Crippen LogP contribution >= 0.6 is 0 Å². The van der Waals surface area contributed by atoms with Crippen molar-refractivity contribution < 1.29 is 4.79 Å². The molecular formula is C22H21N3O. The van der Waals surface area contributed by atoms with E-state index < -0.39 is 0 Å². The van der Waals surface area contributed by atoms with E-state index in [1.807, 2.05) is 61.0 Å². The fraction of sp³-hybridized carbons (Fsp3) is 0.182. The van der Waals surface area contributed by atoms with E-state index in [0.29, 0.717) is 13.0 Å². The monoisotopic (exact) mass is 343 g/mol. The summed E-state index contributed by atoms with van der Waals surface area (Å²) in [5.74, 6) is 2.51. The molecule has 0 saturated carbocycles. The molecule has 0 aliphatic heterocycles. The summed E-state index contributed by atoms with van der Waals surface area (Å²) in [5.41, 5.74) is 7.89. The normalized spacial score (nSPS) is 11.0. The number of terminal acetylenes is 1. The van der Waals surface area contributed by atoms with Gasteiger partial charge in [0.05, 0.1) is 19.2 Å². The van der Waals surface area contributed by atoms with Gasteiger partial charge in [0.15, 0.2) is 0 Å². The first-order chi connectivity index (χ1) is 12.6. The van der Waals surface area contributed by atoms with Gasteiger partial charge < -0.3 is 4.57 Å². The topological polar surface area (TPSA) is 46.4 Å². The van der Waals surface area contributed by atoms with Crippen molar-refractivity contribution in [2.24, 2.45) is 5.10 Å². The smallest absolute Gasteiger partial charge is 0.244 e. The van der Waals surface area contributed by atoms with Crippen LogP contribution in [0.25, 0.3) is 10.9 Å². The molecule has 0 aliphatic rings. The van der Waals surface area contributed by atoms with Crippen LogP contribution in [0.5, 0.6) is 0 Å². The van der Waals surface area contributed by atoms with Crippen LogP contribution in [0.15, 0.2) is 53.8 Å². The standard InChI is InChI=1S/C22H21N3O/c1-4-11-25-15-19(20-7-5-6-8-21(20)25)14-23-24-22(26)13-18-10-9-16(2)12-17(18)3/h1,5-10,12,14-15H,11,13H2,2-3H3,(H,24,26)/b23-14-. The highest BCUT2D eigenvalue weighted by molar-refractivity contribution is 5.99. The second-order valence-electron chi connectivity index (χ2n) is 6.33. The number of aromatic nitrogens is 1. The summed E-state index contributed by atoms with van der Waals surface area (Å²) >= 11 is 0. The predicted molar refractivity (Wildman–Crippen MR) is 106 cm³/mol. The van der Waals surface area contributed by atoms with E-state index in [-0.39, 0.29) is 5.91 Å². The number of hydrazone groups is 1. The van der Waals surface area contributed by atoms with Gasteiger partial charge in [0.25, 0.3) is 0 Å². The SMILES string of the molecule is C#CCn1cc(/C=N\NC(=O)Cc2ccc(C)cc2C)c2ccccc21. The van der Waals surface area contributed by atoms with Gasteiger partial charge in [0, 0.05) is 22.7 Å². The molecule has 4 heteroatoms. The Balaban J connectivity index is 1.71. The number of nitrogens with zero attached hydrogens (tertiary/aromatic N) is 2. The number of nitrogens with one attached hydrogen (secondary N) is 1. The number of carbonyl (C=O) groups excluding carboxylic acids is 1. The van der Waals surface area contributed by atoms with Gasteiger partial charge in [-0.3, -0.25) is 4.79 Å². The van der Waals surface area contributed by atoms with Crippen molar-refractivity contribution in [2.75, 3.05) is 0 Å². The Morgan fingerprint density at radius 2 is 2.08 bits per heavy atom. The molecule has 0 radical (unpaired) electrons. The molecule has 1 aromatic heterocycles. The molecule has 0 atom stereocenters. The van der Waals surface area contributed by atoms with Gasteiger partial charge in [-0.15, -0.1) is 6.42 Å². The quantitative estimate of drug-likeness (QED) is 0.430. The Morgan fingerprint density at radius 1 is 1.27 bits per heavy atom. The number of fused-ring (bicyclic) bond motifs is 1. The zero-order chi connectivity index (χ0) is 18.5. The van der Waals surface area contributed by atoms with Crippen molar-refractivity contribution in [2.45, 2.75) is 26.8 Å². The highest BCUT2D eigenvalue weighted by Gasteiger charge is 2.07. The van der Waals surface area contributed by atoms with Crippen LogP contribution in [-0.2, 0) is 17.8 Å². The maximum atomic E-state index is 12.2. The van der Waals surface area contributed by atoms with Crippen molar-refractivity contribution in [3.05, 3.63) is 70.9 Å². The summed E-state index contributed by atoms with van der Waals surface area (Å²) in [5, 5.41) is 5.17. The fourth-order valence-corrected chi connectivity index (χ4v) is 3.04. The van der Waals surface area contributed by atoms with Crippen LogP contribution < -0.4 is 5.43 Å². The van der Waals surface area contributed by atoms with E-state index in [0.717, 1.165) is 27.6 Å². The molecule has 1 N–H and O–H groups in total. The Hall–Kier alpha value is -3.32. The Bertz CT molecular complexity index is 1020. The number of carbonyl (C=O) groups is 1.